The number of H-pyrrole nitrogens is 1. The molecule has 1 fully saturated rings. The van der Waals surface area contributed by atoms with Crippen LogP contribution in [0.4, 0.5) is 5.82 Å². The molecule has 0 bridgehead atoms. The molecule has 2 aliphatic heterocycles. The number of fused-ring (bicyclic) bond motifs is 2. The van der Waals surface area contributed by atoms with Crippen LogP contribution in [0.2, 0.25) is 0 Å². The van der Waals surface area contributed by atoms with Crippen LogP contribution in [0.5, 0.6) is 11.5 Å². The van der Waals surface area contributed by atoms with Crippen LogP contribution in [0.1, 0.15) is 37.6 Å². The number of aliphatic hydroxyl groups is 1. The molecule has 30 heavy (non-hydrogen) atoms. The molecule has 0 unspecified atom stereocenters. The quantitative estimate of drug-likeness (QED) is 0.594. The van der Waals surface area contributed by atoms with Gasteiger partial charge in [-0.05, 0) is 29.7 Å². The lowest BCUT2D eigenvalue weighted by Crippen LogP contribution is -2.25. The van der Waals surface area contributed by atoms with Crippen LogP contribution in [0.25, 0.3) is 11.0 Å². The average Bonchev–Trinajstić information content (AvgIpc) is 3.39. The number of nitrogens with one attached hydrogen (secondary N) is 2. The molecule has 0 radical (unpaired) electrons. The number of hydrogen-bond donors (Lipinski definition) is 3. The maximum absolute atomic E-state index is 10.9. The first-order valence-electron chi connectivity index (χ1n) is 10.3. The minimum atomic E-state index is -1.01. The standard InChI is InChI=1S/C22H26N4O4/c1-13(2)19(14-3-4-16-17(9-14)30-8-7-29-16)26-21-15-10-18(22(27)5-6-28-11-22)25-20(15)23-12-24-21/h3-4,9-10,12-13,19,27H,5-8,11H2,1-2H3,(H2,23,24,25,26)/t19-,22-/m1/s1. The van der Waals surface area contributed by atoms with E-state index in [1.54, 1.807) is 0 Å². The topological polar surface area (TPSA) is 102 Å². The van der Waals surface area contributed by atoms with E-state index in [4.69, 9.17) is 14.2 Å². The van der Waals surface area contributed by atoms with Gasteiger partial charge < -0.3 is 29.6 Å². The van der Waals surface area contributed by atoms with E-state index in [2.05, 4.69) is 40.2 Å². The predicted octanol–water partition coefficient (Wildman–Crippen LogP) is 3.15. The zero-order valence-corrected chi connectivity index (χ0v) is 17.1. The van der Waals surface area contributed by atoms with Crippen molar-refractivity contribution in [3.8, 4) is 11.5 Å². The first-order chi connectivity index (χ1) is 14.5. The second kappa shape index (κ2) is 7.45. The fourth-order valence-corrected chi connectivity index (χ4v) is 4.11. The summed E-state index contributed by atoms with van der Waals surface area (Å²) in [7, 11) is 0. The zero-order chi connectivity index (χ0) is 20.7. The molecule has 8 heteroatoms. The van der Waals surface area contributed by atoms with Crippen LogP contribution in [-0.4, -0.2) is 46.5 Å². The van der Waals surface area contributed by atoms with Crippen molar-refractivity contribution in [2.24, 2.45) is 5.92 Å². The lowest BCUT2D eigenvalue weighted by Gasteiger charge is -2.26. The van der Waals surface area contributed by atoms with E-state index in [-0.39, 0.29) is 12.6 Å². The molecule has 3 N–H and O–H groups in total. The van der Waals surface area contributed by atoms with Crippen molar-refractivity contribution in [1.29, 1.82) is 0 Å². The van der Waals surface area contributed by atoms with E-state index >= 15 is 0 Å². The third-order valence-corrected chi connectivity index (χ3v) is 5.81. The molecule has 1 saturated heterocycles. The summed E-state index contributed by atoms with van der Waals surface area (Å²) in [6.45, 7) is 6.28. The largest absolute Gasteiger partial charge is 0.486 e. The van der Waals surface area contributed by atoms with Crippen LogP contribution in [0.15, 0.2) is 30.6 Å². The normalized spacial score (nSPS) is 21.9. The molecule has 4 heterocycles. The van der Waals surface area contributed by atoms with E-state index in [1.807, 2.05) is 18.2 Å². The van der Waals surface area contributed by atoms with Crippen molar-refractivity contribution < 1.29 is 19.3 Å². The Morgan fingerprint density at radius 1 is 1.10 bits per heavy atom. The third-order valence-electron chi connectivity index (χ3n) is 5.81. The van der Waals surface area contributed by atoms with Crippen LogP contribution < -0.4 is 14.8 Å². The lowest BCUT2D eigenvalue weighted by molar-refractivity contribution is 0.0200. The number of ether oxygens (including phenoxy) is 3. The average molecular weight is 410 g/mol. The molecule has 8 nitrogen and oxygen atoms in total. The van der Waals surface area contributed by atoms with Crippen LogP contribution in [0, 0.1) is 5.92 Å². The van der Waals surface area contributed by atoms with Gasteiger partial charge in [0.15, 0.2) is 11.5 Å². The molecule has 2 aromatic heterocycles. The van der Waals surface area contributed by atoms with Crippen molar-refractivity contribution in [3.63, 3.8) is 0 Å². The maximum Gasteiger partial charge on any atom is 0.161 e. The Morgan fingerprint density at radius 3 is 2.70 bits per heavy atom. The van der Waals surface area contributed by atoms with Gasteiger partial charge in [-0.1, -0.05) is 19.9 Å². The Balaban J connectivity index is 1.49. The molecule has 5 rings (SSSR count). The van der Waals surface area contributed by atoms with Crippen molar-refractivity contribution in [2.75, 3.05) is 31.7 Å². The van der Waals surface area contributed by atoms with Crippen molar-refractivity contribution in [1.82, 2.24) is 15.0 Å². The Kier molecular flexibility index (Phi) is 4.75. The summed E-state index contributed by atoms with van der Waals surface area (Å²) >= 11 is 0. The fraction of sp³-hybridized carbons (Fsp3) is 0.455. The number of hydrogen-bond acceptors (Lipinski definition) is 7. The van der Waals surface area contributed by atoms with Crippen LogP contribution in [0.3, 0.4) is 0 Å². The third kappa shape index (κ3) is 3.36. The second-order valence-electron chi connectivity index (χ2n) is 8.27. The number of nitrogens with zero attached hydrogens (tertiary/aromatic N) is 2. The SMILES string of the molecule is CC(C)[C@@H](Nc1ncnc2[nH]c([C@@]3(O)CCOC3)cc12)c1ccc2c(c1)OCCO2. The highest BCUT2D eigenvalue weighted by atomic mass is 16.6. The van der Waals surface area contributed by atoms with Gasteiger partial charge in [0.05, 0.1) is 23.7 Å². The Bertz CT molecular complexity index is 1060. The highest BCUT2D eigenvalue weighted by Gasteiger charge is 2.36. The fourth-order valence-electron chi connectivity index (χ4n) is 4.11. The van der Waals surface area contributed by atoms with E-state index in [9.17, 15) is 5.11 Å². The molecule has 0 spiro atoms. The minimum absolute atomic E-state index is 0.00942. The Morgan fingerprint density at radius 2 is 1.93 bits per heavy atom. The van der Waals surface area contributed by atoms with Crippen LogP contribution in [-0.2, 0) is 10.3 Å². The Labute approximate surface area is 174 Å². The van der Waals surface area contributed by atoms with E-state index in [0.29, 0.717) is 43.5 Å². The molecule has 2 aliphatic rings. The number of aromatic amines is 1. The monoisotopic (exact) mass is 410 g/mol. The highest BCUT2D eigenvalue weighted by Crippen LogP contribution is 2.37. The van der Waals surface area contributed by atoms with Gasteiger partial charge in [-0.3, -0.25) is 0 Å². The van der Waals surface area contributed by atoms with E-state index in [0.717, 1.165) is 28.3 Å². The van der Waals surface area contributed by atoms with Gasteiger partial charge in [-0.25, -0.2) is 9.97 Å². The molecule has 0 amide bonds. The van der Waals surface area contributed by atoms with Gasteiger partial charge in [0.1, 0.15) is 36.6 Å². The molecule has 158 valence electrons. The molecule has 0 saturated carbocycles. The first-order valence-corrected chi connectivity index (χ1v) is 10.3. The molecular formula is C22H26N4O4. The van der Waals surface area contributed by atoms with Crippen molar-refractivity contribution in [2.45, 2.75) is 31.9 Å². The summed E-state index contributed by atoms with van der Waals surface area (Å²) in [5.41, 5.74) is 1.48. The van der Waals surface area contributed by atoms with Crippen molar-refractivity contribution >= 4 is 16.9 Å². The van der Waals surface area contributed by atoms with Gasteiger partial charge in [0.2, 0.25) is 0 Å². The van der Waals surface area contributed by atoms with Gasteiger partial charge in [0.25, 0.3) is 0 Å². The maximum atomic E-state index is 10.9. The highest BCUT2D eigenvalue weighted by molar-refractivity contribution is 5.88. The van der Waals surface area contributed by atoms with Crippen LogP contribution >= 0.6 is 0 Å². The number of anilines is 1. The second-order valence-corrected chi connectivity index (χ2v) is 8.27. The van der Waals surface area contributed by atoms with Gasteiger partial charge >= 0.3 is 0 Å². The number of rotatable bonds is 5. The van der Waals surface area contributed by atoms with Crippen molar-refractivity contribution in [3.05, 3.63) is 41.9 Å². The van der Waals surface area contributed by atoms with E-state index in [1.165, 1.54) is 6.33 Å². The van der Waals surface area contributed by atoms with Gasteiger partial charge in [-0.2, -0.15) is 0 Å². The molecular weight excluding hydrogens is 384 g/mol. The minimum Gasteiger partial charge on any atom is -0.486 e. The van der Waals surface area contributed by atoms with Gasteiger partial charge in [0, 0.05) is 13.0 Å². The smallest absolute Gasteiger partial charge is 0.161 e. The molecule has 0 aliphatic carbocycles. The zero-order valence-electron chi connectivity index (χ0n) is 17.1. The van der Waals surface area contributed by atoms with Gasteiger partial charge in [-0.15, -0.1) is 0 Å². The molecule has 2 atom stereocenters. The summed E-state index contributed by atoms with van der Waals surface area (Å²) < 4.78 is 16.8. The summed E-state index contributed by atoms with van der Waals surface area (Å²) in [4.78, 5) is 12.1. The lowest BCUT2D eigenvalue weighted by atomic mass is 9.95. The summed E-state index contributed by atoms with van der Waals surface area (Å²) in [6.07, 6.45) is 2.09. The summed E-state index contributed by atoms with van der Waals surface area (Å²) in [5, 5.41) is 15.3. The Hall–Kier alpha value is -2.84. The number of benzene rings is 1. The predicted molar refractivity (Wildman–Crippen MR) is 112 cm³/mol. The molecule has 1 aromatic carbocycles. The molecule has 3 aromatic rings. The number of aromatic nitrogens is 3. The summed E-state index contributed by atoms with van der Waals surface area (Å²) in [6, 6.07) is 7.99. The first kappa shape index (κ1) is 19.1. The summed E-state index contributed by atoms with van der Waals surface area (Å²) in [5.74, 6) is 2.56. The van der Waals surface area contributed by atoms with E-state index < -0.39 is 5.60 Å².